The van der Waals surface area contributed by atoms with Crippen molar-refractivity contribution in [3.05, 3.63) is 145 Å². The molecule has 0 saturated heterocycles. The number of carbonyl (C=O) groups excluding carboxylic acids is 2. The maximum absolute atomic E-state index is 14.4. The van der Waals surface area contributed by atoms with E-state index in [9.17, 15) is 18.4 Å². The van der Waals surface area contributed by atoms with Gasteiger partial charge in [-0.2, -0.15) is 0 Å². The Hall–Kier alpha value is -4.06. The Kier molecular flexibility index (Phi) is 13.7. The molecule has 0 fully saturated rings. The van der Waals surface area contributed by atoms with Crippen LogP contribution >= 0.6 is 38.6 Å². The predicted octanol–water partition coefficient (Wildman–Crippen LogP) is 9.65. The van der Waals surface area contributed by atoms with E-state index in [-0.39, 0.29) is 11.3 Å². The quantitative estimate of drug-likeness (QED) is 0.120. The second-order valence-corrected chi connectivity index (χ2v) is 14.1. The Balaban J connectivity index is 0.000000179. The van der Waals surface area contributed by atoms with Crippen molar-refractivity contribution in [1.29, 1.82) is 0 Å². The Morgan fingerprint density at radius 2 is 1.10 bits per heavy atom. The van der Waals surface area contributed by atoms with E-state index in [1.165, 1.54) is 45.9 Å². The van der Waals surface area contributed by atoms with Crippen LogP contribution < -0.4 is 5.46 Å². The molecule has 6 rings (SSSR count). The highest BCUT2D eigenvalue weighted by Crippen LogP contribution is 2.32. The molecule has 48 heavy (non-hydrogen) atoms. The fourth-order valence-corrected chi connectivity index (χ4v) is 6.72. The first kappa shape index (κ1) is 36.8. The van der Waals surface area contributed by atoms with Crippen LogP contribution in [0.25, 0.3) is 32.7 Å². The molecule has 0 aliphatic heterocycles. The summed E-state index contributed by atoms with van der Waals surface area (Å²) in [5.74, 6) is -0.876. The molecule has 2 heterocycles. The molecule has 2 aromatic heterocycles. The average Bonchev–Trinajstić information content (AvgIpc) is 3.77. The molecule has 0 saturated carbocycles. The minimum atomic E-state index is -1.78. The molecule has 6 aromatic rings. The van der Waals surface area contributed by atoms with Gasteiger partial charge in [0.05, 0.1) is 13.5 Å². The van der Waals surface area contributed by atoms with Crippen LogP contribution in [0.1, 0.15) is 44.3 Å². The van der Waals surface area contributed by atoms with Crippen LogP contribution in [-0.2, 0) is 12.8 Å². The number of carbonyl (C=O) groups is 2. The lowest BCUT2D eigenvalue weighted by Gasteiger charge is -2.06. The van der Waals surface area contributed by atoms with Gasteiger partial charge in [-0.15, -0.1) is 22.7 Å². The van der Waals surface area contributed by atoms with Crippen molar-refractivity contribution < 1.29 is 28.4 Å². The summed E-state index contributed by atoms with van der Waals surface area (Å²) in [6.45, 7) is 4.18. The SMILES string of the molecule is CCc1ccc(-c2ccc(-c3ccc(C=O)s3)c(F)c2)cc1.CCc1ccc(-c2ccc(B(O)O)c(F)c2)cc1.O=Cc1ccc(Br)s1. The second kappa shape index (κ2) is 17.9. The molecule has 0 spiro atoms. The number of halogens is 3. The van der Waals surface area contributed by atoms with E-state index >= 15 is 0 Å². The lowest BCUT2D eigenvalue weighted by molar-refractivity contribution is 0.111. The minimum Gasteiger partial charge on any atom is -0.423 e. The smallest absolute Gasteiger partial charge is 0.423 e. The van der Waals surface area contributed by atoms with Gasteiger partial charge in [0.15, 0.2) is 12.6 Å². The Morgan fingerprint density at radius 1 is 0.625 bits per heavy atom. The highest BCUT2D eigenvalue weighted by molar-refractivity contribution is 9.11. The minimum absolute atomic E-state index is 0.107. The van der Waals surface area contributed by atoms with Gasteiger partial charge in [-0.3, -0.25) is 9.59 Å². The third kappa shape index (κ3) is 9.98. The fraction of sp³-hybridized carbons (Fsp3) is 0.105. The highest BCUT2D eigenvalue weighted by Gasteiger charge is 2.16. The Labute approximate surface area is 295 Å². The summed E-state index contributed by atoms with van der Waals surface area (Å²) < 4.78 is 29.0. The Bertz CT molecular complexity index is 1950. The monoisotopic (exact) mass is 744 g/mol. The van der Waals surface area contributed by atoms with Crippen LogP contribution in [0.15, 0.2) is 113 Å². The van der Waals surface area contributed by atoms with Crippen LogP contribution in [0.2, 0.25) is 0 Å². The average molecular weight is 746 g/mol. The molecule has 0 aliphatic carbocycles. The summed E-state index contributed by atoms with van der Waals surface area (Å²) in [6, 6.07) is 32.8. The topological polar surface area (TPSA) is 74.6 Å². The first-order valence-corrected chi connectivity index (χ1v) is 17.5. The highest BCUT2D eigenvalue weighted by atomic mass is 79.9. The van der Waals surface area contributed by atoms with E-state index in [0.29, 0.717) is 10.4 Å². The molecule has 4 aromatic carbocycles. The molecule has 4 nitrogen and oxygen atoms in total. The summed E-state index contributed by atoms with van der Waals surface area (Å²) >= 11 is 5.97. The molecule has 2 N–H and O–H groups in total. The van der Waals surface area contributed by atoms with Crippen molar-refractivity contribution in [3.8, 4) is 32.7 Å². The zero-order valence-corrected chi connectivity index (χ0v) is 29.4. The van der Waals surface area contributed by atoms with Crippen molar-refractivity contribution in [2.45, 2.75) is 26.7 Å². The van der Waals surface area contributed by atoms with Crippen LogP contribution in [0.4, 0.5) is 8.78 Å². The first-order valence-electron chi connectivity index (χ1n) is 15.0. The van der Waals surface area contributed by atoms with E-state index in [0.717, 1.165) is 61.2 Å². The van der Waals surface area contributed by atoms with E-state index in [1.807, 2.05) is 48.5 Å². The molecule has 0 unspecified atom stereocenters. The first-order chi connectivity index (χ1) is 23.1. The second-order valence-electron chi connectivity index (χ2n) is 10.5. The van der Waals surface area contributed by atoms with Crippen LogP contribution in [0, 0.1) is 11.6 Å². The van der Waals surface area contributed by atoms with Crippen LogP contribution in [0.5, 0.6) is 0 Å². The van der Waals surface area contributed by atoms with Gasteiger partial charge >= 0.3 is 7.12 Å². The summed E-state index contributed by atoms with van der Waals surface area (Å²) in [6.07, 6.45) is 3.58. The maximum atomic E-state index is 14.4. The van der Waals surface area contributed by atoms with Crippen molar-refractivity contribution in [1.82, 2.24) is 0 Å². The summed E-state index contributed by atoms with van der Waals surface area (Å²) in [7, 11) is -1.78. The summed E-state index contributed by atoms with van der Waals surface area (Å²) in [5.41, 5.74) is 6.40. The normalized spacial score (nSPS) is 10.3. The molecular weight excluding hydrogens is 713 g/mol. The van der Waals surface area contributed by atoms with Crippen molar-refractivity contribution in [2.24, 2.45) is 0 Å². The molecule has 0 atom stereocenters. The number of hydrogen-bond acceptors (Lipinski definition) is 6. The molecule has 10 heteroatoms. The molecular formula is C38H32BBrF2O4S2. The largest absolute Gasteiger partial charge is 0.491 e. The predicted molar refractivity (Wildman–Crippen MR) is 198 cm³/mol. The van der Waals surface area contributed by atoms with Crippen molar-refractivity contribution in [2.75, 3.05) is 0 Å². The summed E-state index contributed by atoms with van der Waals surface area (Å²) in [4.78, 5) is 22.9. The van der Waals surface area contributed by atoms with Crippen molar-refractivity contribution in [3.63, 3.8) is 0 Å². The number of aryl methyl sites for hydroxylation is 2. The van der Waals surface area contributed by atoms with Gasteiger partial charge in [-0.05, 0) is 105 Å². The van der Waals surface area contributed by atoms with Crippen LogP contribution in [0.3, 0.4) is 0 Å². The molecule has 0 radical (unpaired) electrons. The number of hydrogen-bond donors (Lipinski definition) is 2. The lowest BCUT2D eigenvalue weighted by Crippen LogP contribution is -2.32. The van der Waals surface area contributed by atoms with E-state index < -0.39 is 12.9 Å². The van der Waals surface area contributed by atoms with Gasteiger partial charge < -0.3 is 10.0 Å². The molecule has 244 valence electrons. The molecule has 0 bridgehead atoms. The van der Waals surface area contributed by atoms with Crippen LogP contribution in [-0.4, -0.2) is 29.7 Å². The van der Waals surface area contributed by atoms with Gasteiger partial charge in [0.25, 0.3) is 0 Å². The van der Waals surface area contributed by atoms with Gasteiger partial charge in [-0.1, -0.05) is 80.6 Å². The van der Waals surface area contributed by atoms with Gasteiger partial charge in [0.1, 0.15) is 11.6 Å². The maximum Gasteiger partial charge on any atom is 0.491 e. The van der Waals surface area contributed by atoms with Gasteiger partial charge in [0.2, 0.25) is 0 Å². The zero-order valence-electron chi connectivity index (χ0n) is 26.2. The van der Waals surface area contributed by atoms with Gasteiger partial charge in [0, 0.05) is 15.9 Å². The lowest BCUT2D eigenvalue weighted by atomic mass is 9.79. The van der Waals surface area contributed by atoms with E-state index in [1.54, 1.807) is 36.4 Å². The third-order valence-corrected chi connectivity index (χ3v) is 9.95. The van der Waals surface area contributed by atoms with Gasteiger partial charge in [-0.25, -0.2) is 8.78 Å². The van der Waals surface area contributed by atoms with Crippen molar-refractivity contribution >= 4 is 63.8 Å². The van der Waals surface area contributed by atoms with E-state index in [4.69, 9.17) is 10.0 Å². The number of benzene rings is 4. The number of thiophene rings is 2. The Morgan fingerprint density at radius 3 is 1.50 bits per heavy atom. The standard InChI is InChI=1S/C19H15FOS.C14H14BFO2.C5H3BrOS/c1-2-13-3-5-14(6-4-13)15-7-9-17(18(20)11-15)19-10-8-16(12-21)22-19;1-2-10-3-5-11(6-4-10)12-7-8-13(15(17)18)14(16)9-12;6-5-2-1-4(3-7)8-5/h3-12H,2H2,1H3;3-9,17-18H,2H2,1H3;1-3H. The molecule has 0 amide bonds. The summed E-state index contributed by atoms with van der Waals surface area (Å²) in [5, 5.41) is 17.9. The molecule has 0 aliphatic rings. The zero-order chi connectivity index (χ0) is 34.6. The number of rotatable bonds is 8. The van der Waals surface area contributed by atoms with E-state index in [2.05, 4.69) is 41.9 Å². The number of aldehydes is 2. The fourth-order valence-electron chi connectivity index (χ4n) is 4.63. The third-order valence-electron chi connectivity index (χ3n) is 7.36.